The van der Waals surface area contributed by atoms with Gasteiger partial charge in [-0.15, -0.1) is 0 Å². The van der Waals surface area contributed by atoms with E-state index in [4.69, 9.17) is 0 Å². The summed E-state index contributed by atoms with van der Waals surface area (Å²) >= 11 is 1.62. The average molecular weight is 426 g/mol. The highest BCUT2D eigenvalue weighted by Gasteiger charge is 2.53. The zero-order valence-corrected chi connectivity index (χ0v) is 17.5. The van der Waals surface area contributed by atoms with Crippen molar-refractivity contribution in [2.45, 2.75) is 38.3 Å². The molecule has 3 aliphatic heterocycles. The number of ketones is 1. The molecule has 1 N–H and O–H groups in total. The van der Waals surface area contributed by atoms with Crippen LogP contribution in [0.1, 0.15) is 40.6 Å². The van der Waals surface area contributed by atoms with Crippen LogP contribution in [0.3, 0.4) is 0 Å². The smallest absolute Gasteiger partial charge is 0.325 e. The average Bonchev–Trinajstić information content (AvgIpc) is 3.34. The quantitative estimate of drug-likeness (QED) is 0.572. The summed E-state index contributed by atoms with van der Waals surface area (Å²) in [6.45, 7) is 3.32. The molecule has 0 bridgehead atoms. The van der Waals surface area contributed by atoms with Crippen LogP contribution in [0.25, 0.3) is 0 Å². The van der Waals surface area contributed by atoms with Gasteiger partial charge in [0.15, 0.2) is 15.6 Å². The fourth-order valence-corrected chi connectivity index (χ4v) is 7.51. The number of imide groups is 1. The van der Waals surface area contributed by atoms with Gasteiger partial charge in [0.05, 0.1) is 18.1 Å². The van der Waals surface area contributed by atoms with Gasteiger partial charge in [0, 0.05) is 28.7 Å². The van der Waals surface area contributed by atoms with Crippen LogP contribution in [0.5, 0.6) is 0 Å². The van der Waals surface area contributed by atoms with Crippen molar-refractivity contribution in [1.82, 2.24) is 14.8 Å². The summed E-state index contributed by atoms with van der Waals surface area (Å²) in [4.78, 5) is 39.0. The maximum absolute atomic E-state index is 12.9. The molecule has 0 radical (unpaired) electrons. The number of Topliss-reactive ketones (excluding diaryl/α,β-unsaturated/α-hetero) is 1. The standard InChI is InChI=1S/C18H23N3O5S2/c1-11-7-14(12(2)21(11)13-3-6-28(25,26)9-13)15(22)8-20-16(23)18(19-17(20)24)4-5-27-10-18/h7,13H,3-6,8-10H2,1-2H3,(H,19,24). The van der Waals surface area contributed by atoms with Crippen molar-refractivity contribution >= 4 is 39.3 Å². The first-order valence-electron chi connectivity index (χ1n) is 9.27. The van der Waals surface area contributed by atoms with Gasteiger partial charge in [0.25, 0.3) is 5.91 Å². The highest BCUT2D eigenvalue weighted by atomic mass is 32.2. The monoisotopic (exact) mass is 425 g/mol. The van der Waals surface area contributed by atoms with Gasteiger partial charge >= 0.3 is 6.03 Å². The second-order valence-electron chi connectivity index (χ2n) is 7.84. The SMILES string of the molecule is Cc1cc(C(=O)CN2C(=O)NC3(CCSC3)C2=O)c(C)n1C1CCS(=O)(=O)C1. The lowest BCUT2D eigenvalue weighted by molar-refractivity contribution is -0.130. The van der Waals surface area contributed by atoms with E-state index in [1.54, 1.807) is 24.8 Å². The van der Waals surface area contributed by atoms with Gasteiger partial charge in [-0.3, -0.25) is 14.5 Å². The van der Waals surface area contributed by atoms with E-state index in [1.807, 2.05) is 11.5 Å². The molecule has 0 aromatic carbocycles. The number of hydrogen-bond acceptors (Lipinski definition) is 6. The highest BCUT2D eigenvalue weighted by Crippen LogP contribution is 2.34. The van der Waals surface area contributed by atoms with Crippen molar-refractivity contribution in [3.63, 3.8) is 0 Å². The van der Waals surface area contributed by atoms with Crippen molar-refractivity contribution in [3.8, 4) is 0 Å². The number of thioether (sulfide) groups is 1. The summed E-state index contributed by atoms with van der Waals surface area (Å²) in [5, 5.41) is 2.76. The molecule has 0 aliphatic carbocycles. The minimum Gasteiger partial charge on any atom is -0.344 e. The molecular formula is C18H23N3O5S2. The number of aryl methyl sites for hydroxylation is 1. The molecular weight excluding hydrogens is 402 g/mol. The second kappa shape index (κ2) is 6.62. The van der Waals surface area contributed by atoms with Gasteiger partial charge in [-0.25, -0.2) is 13.2 Å². The molecule has 3 saturated heterocycles. The first-order valence-corrected chi connectivity index (χ1v) is 12.2. The van der Waals surface area contributed by atoms with E-state index < -0.39 is 21.4 Å². The van der Waals surface area contributed by atoms with Crippen LogP contribution in [0.4, 0.5) is 4.79 Å². The van der Waals surface area contributed by atoms with Gasteiger partial charge < -0.3 is 9.88 Å². The number of urea groups is 1. The van der Waals surface area contributed by atoms with Crippen molar-refractivity contribution in [1.29, 1.82) is 0 Å². The summed E-state index contributed by atoms with van der Waals surface area (Å²) in [6, 6.07) is 1.03. The van der Waals surface area contributed by atoms with Crippen LogP contribution in [-0.2, 0) is 14.6 Å². The fraction of sp³-hybridized carbons (Fsp3) is 0.611. The van der Waals surface area contributed by atoms with Gasteiger partial charge in [0.2, 0.25) is 0 Å². The fourth-order valence-electron chi connectivity index (χ4n) is 4.48. The van der Waals surface area contributed by atoms with Crippen LogP contribution >= 0.6 is 11.8 Å². The van der Waals surface area contributed by atoms with Crippen molar-refractivity contribution in [2.24, 2.45) is 0 Å². The lowest BCUT2D eigenvalue weighted by Crippen LogP contribution is -2.47. The predicted molar refractivity (Wildman–Crippen MR) is 105 cm³/mol. The zero-order chi connectivity index (χ0) is 20.3. The molecule has 8 nitrogen and oxygen atoms in total. The third-order valence-corrected chi connectivity index (χ3v) is 8.87. The topological polar surface area (TPSA) is 106 Å². The Morgan fingerprint density at radius 1 is 1.36 bits per heavy atom. The van der Waals surface area contributed by atoms with E-state index in [-0.39, 0.29) is 35.8 Å². The van der Waals surface area contributed by atoms with Crippen molar-refractivity contribution < 1.29 is 22.8 Å². The highest BCUT2D eigenvalue weighted by molar-refractivity contribution is 7.99. The van der Waals surface area contributed by atoms with Crippen LogP contribution in [0.2, 0.25) is 0 Å². The van der Waals surface area contributed by atoms with Gasteiger partial charge in [0.1, 0.15) is 5.54 Å². The van der Waals surface area contributed by atoms with Crippen LogP contribution < -0.4 is 5.32 Å². The molecule has 3 fully saturated rings. The van der Waals surface area contributed by atoms with E-state index in [0.717, 1.165) is 16.3 Å². The molecule has 2 unspecified atom stereocenters. The lowest BCUT2D eigenvalue weighted by atomic mass is 9.99. The van der Waals surface area contributed by atoms with E-state index in [2.05, 4.69) is 5.32 Å². The Bertz CT molecular complexity index is 976. The Balaban J connectivity index is 1.55. The van der Waals surface area contributed by atoms with Crippen LogP contribution in [-0.4, -0.2) is 70.7 Å². The van der Waals surface area contributed by atoms with Crippen LogP contribution in [0.15, 0.2) is 6.07 Å². The summed E-state index contributed by atoms with van der Waals surface area (Å²) in [5.74, 6) is 0.926. The number of nitrogens with one attached hydrogen (secondary N) is 1. The first kappa shape index (κ1) is 19.5. The molecule has 1 aromatic heterocycles. The van der Waals surface area contributed by atoms with Crippen LogP contribution in [0, 0.1) is 13.8 Å². The predicted octanol–water partition coefficient (Wildman–Crippen LogP) is 1.07. The van der Waals surface area contributed by atoms with Crippen molar-refractivity contribution in [3.05, 3.63) is 23.0 Å². The summed E-state index contributed by atoms with van der Waals surface area (Å²) in [7, 11) is -3.05. The largest absolute Gasteiger partial charge is 0.344 e. The molecule has 3 amide bonds. The zero-order valence-electron chi connectivity index (χ0n) is 15.9. The van der Waals surface area contributed by atoms with Gasteiger partial charge in [-0.2, -0.15) is 11.8 Å². The minimum atomic E-state index is -3.05. The maximum Gasteiger partial charge on any atom is 0.325 e. The summed E-state index contributed by atoms with van der Waals surface area (Å²) in [5.41, 5.74) is 1.06. The Kier molecular flexibility index (Phi) is 4.61. The number of sulfone groups is 1. The Hall–Kier alpha value is -1.81. The second-order valence-corrected chi connectivity index (χ2v) is 11.2. The number of rotatable bonds is 4. The maximum atomic E-state index is 12.9. The number of hydrogen-bond donors (Lipinski definition) is 1. The molecule has 2 atom stereocenters. The number of aromatic nitrogens is 1. The number of carbonyl (C=O) groups excluding carboxylic acids is 3. The molecule has 4 rings (SSSR count). The molecule has 10 heteroatoms. The number of carbonyl (C=O) groups is 3. The molecule has 1 aromatic rings. The van der Waals surface area contributed by atoms with E-state index >= 15 is 0 Å². The third-order valence-electron chi connectivity index (χ3n) is 5.93. The Morgan fingerprint density at radius 3 is 2.71 bits per heavy atom. The van der Waals surface area contributed by atoms with E-state index in [9.17, 15) is 22.8 Å². The van der Waals surface area contributed by atoms with Gasteiger partial charge in [-0.05, 0) is 38.5 Å². The molecule has 3 aliphatic rings. The van der Waals surface area contributed by atoms with E-state index in [0.29, 0.717) is 29.9 Å². The van der Waals surface area contributed by atoms with E-state index in [1.165, 1.54) is 0 Å². The van der Waals surface area contributed by atoms with Crippen molar-refractivity contribution in [2.75, 3.05) is 29.6 Å². The normalized spacial score (nSPS) is 29.1. The molecule has 152 valence electrons. The molecule has 1 spiro atoms. The summed E-state index contributed by atoms with van der Waals surface area (Å²) in [6.07, 6.45) is 1.11. The molecule has 4 heterocycles. The third kappa shape index (κ3) is 3.06. The number of nitrogens with zero attached hydrogens (tertiary/aromatic N) is 2. The van der Waals surface area contributed by atoms with Gasteiger partial charge in [-0.1, -0.05) is 0 Å². The lowest BCUT2D eigenvalue weighted by Gasteiger charge is -2.19. The molecule has 28 heavy (non-hydrogen) atoms. The Morgan fingerprint density at radius 2 is 2.11 bits per heavy atom. The first-order chi connectivity index (χ1) is 13.1. The number of amides is 3. The minimum absolute atomic E-state index is 0.0736. The summed E-state index contributed by atoms with van der Waals surface area (Å²) < 4.78 is 25.6. The molecule has 0 saturated carbocycles. The Labute approximate surface area is 167 Å².